The molecule has 2 heterocycles. The number of hydrogen-bond acceptors (Lipinski definition) is 5. The number of amides is 2. The van der Waals surface area contributed by atoms with Crippen molar-refractivity contribution in [1.82, 2.24) is 14.7 Å². The molecule has 1 aromatic heterocycles. The molecule has 0 unspecified atom stereocenters. The van der Waals surface area contributed by atoms with Gasteiger partial charge in [-0.2, -0.15) is 4.37 Å². The number of nitrogens with one attached hydrogen (secondary N) is 2. The Labute approximate surface area is 187 Å². The summed E-state index contributed by atoms with van der Waals surface area (Å²) in [7, 11) is 0. The summed E-state index contributed by atoms with van der Waals surface area (Å²) in [5, 5.41) is 6.97. The number of piperidine rings is 1. The highest BCUT2D eigenvalue weighted by Gasteiger charge is 2.22. The molecule has 7 heteroatoms. The Kier molecular flexibility index (Phi) is 7.14. The van der Waals surface area contributed by atoms with Gasteiger partial charge in [-0.05, 0) is 48.4 Å². The number of aromatic nitrogens is 2. The molecule has 0 radical (unpaired) electrons. The first-order valence-corrected chi connectivity index (χ1v) is 11.7. The summed E-state index contributed by atoms with van der Waals surface area (Å²) in [6.45, 7) is 4.71. The largest absolute Gasteiger partial charge is 0.347 e. The topological polar surface area (TPSA) is 70.2 Å². The normalized spacial score (nSPS) is 14.4. The van der Waals surface area contributed by atoms with E-state index < -0.39 is 0 Å². The van der Waals surface area contributed by atoms with E-state index in [2.05, 4.69) is 45.0 Å². The molecule has 0 bridgehead atoms. The van der Waals surface area contributed by atoms with Crippen molar-refractivity contribution in [1.29, 1.82) is 0 Å². The quantitative estimate of drug-likeness (QED) is 0.563. The predicted molar refractivity (Wildman–Crippen MR) is 127 cm³/mol. The summed E-state index contributed by atoms with van der Waals surface area (Å²) in [4.78, 5) is 19.3. The lowest BCUT2D eigenvalue weighted by molar-refractivity contribution is 0.248. The lowest BCUT2D eigenvalue weighted by Crippen LogP contribution is -2.39. The number of aryl methyl sites for hydroxylation is 1. The summed E-state index contributed by atoms with van der Waals surface area (Å²) >= 11 is 1.48. The lowest BCUT2D eigenvalue weighted by Gasteiger charge is -2.31. The Morgan fingerprint density at radius 1 is 1.10 bits per heavy atom. The molecule has 3 aromatic rings. The number of benzene rings is 2. The van der Waals surface area contributed by atoms with Gasteiger partial charge < -0.3 is 15.5 Å². The van der Waals surface area contributed by atoms with Crippen molar-refractivity contribution in [2.24, 2.45) is 5.92 Å². The second-order valence-electron chi connectivity index (χ2n) is 7.97. The molecule has 2 amide bonds. The fourth-order valence-corrected chi connectivity index (χ4v) is 4.57. The summed E-state index contributed by atoms with van der Waals surface area (Å²) < 4.78 is 4.54. The van der Waals surface area contributed by atoms with Gasteiger partial charge in [-0.25, -0.2) is 9.78 Å². The predicted octanol–water partition coefficient (Wildman–Crippen LogP) is 4.73. The van der Waals surface area contributed by atoms with E-state index in [-0.39, 0.29) is 6.03 Å². The first kappa shape index (κ1) is 21.3. The lowest BCUT2D eigenvalue weighted by atomic mass is 9.97. The molecule has 4 rings (SSSR count). The first-order valence-electron chi connectivity index (χ1n) is 10.9. The zero-order valence-electron chi connectivity index (χ0n) is 17.9. The molecule has 1 aliphatic heterocycles. The molecule has 0 spiro atoms. The summed E-state index contributed by atoms with van der Waals surface area (Å²) in [5.41, 5.74) is 3.29. The van der Waals surface area contributed by atoms with Gasteiger partial charge in [0.05, 0.1) is 0 Å². The fourth-order valence-electron chi connectivity index (χ4n) is 3.83. The maximum absolute atomic E-state index is 12.2. The third-order valence-corrected chi connectivity index (χ3v) is 6.51. The van der Waals surface area contributed by atoms with Crippen LogP contribution in [0.2, 0.25) is 0 Å². The second-order valence-corrected chi connectivity index (χ2v) is 8.71. The van der Waals surface area contributed by atoms with Crippen molar-refractivity contribution in [3.05, 3.63) is 71.5 Å². The molecule has 1 saturated heterocycles. The molecule has 2 aromatic carbocycles. The Balaban J connectivity index is 1.20. The monoisotopic (exact) mass is 435 g/mol. The van der Waals surface area contributed by atoms with Crippen LogP contribution in [0.15, 0.2) is 54.6 Å². The SMILES string of the molecule is CCc1cccc(NC(=O)NCC2CCN(c3nc(Cc4ccccc4)ns3)CC2)c1. The van der Waals surface area contributed by atoms with Crippen LogP contribution in [0, 0.1) is 5.92 Å². The number of anilines is 2. The van der Waals surface area contributed by atoms with E-state index in [9.17, 15) is 4.79 Å². The second kappa shape index (κ2) is 10.4. The van der Waals surface area contributed by atoms with Crippen LogP contribution in [-0.2, 0) is 12.8 Å². The molecule has 0 aliphatic carbocycles. The van der Waals surface area contributed by atoms with Gasteiger partial charge in [0.2, 0.25) is 5.13 Å². The van der Waals surface area contributed by atoms with Gasteiger partial charge in [0.1, 0.15) is 5.82 Å². The summed E-state index contributed by atoms with van der Waals surface area (Å²) in [6, 6.07) is 18.2. The highest BCUT2D eigenvalue weighted by atomic mass is 32.1. The smallest absolute Gasteiger partial charge is 0.319 e. The van der Waals surface area contributed by atoms with Gasteiger partial charge in [-0.15, -0.1) is 0 Å². The van der Waals surface area contributed by atoms with Gasteiger partial charge in [-0.1, -0.05) is 49.4 Å². The van der Waals surface area contributed by atoms with Crippen molar-refractivity contribution in [2.75, 3.05) is 29.9 Å². The molecule has 6 nitrogen and oxygen atoms in total. The van der Waals surface area contributed by atoms with Crippen LogP contribution < -0.4 is 15.5 Å². The Morgan fingerprint density at radius 3 is 2.65 bits per heavy atom. The van der Waals surface area contributed by atoms with E-state index in [4.69, 9.17) is 4.98 Å². The van der Waals surface area contributed by atoms with Gasteiger partial charge in [-0.3, -0.25) is 0 Å². The van der Waals surface area contributed by atoms with Crippen molar-refractivity contribution in [2.45, 2.75) is 32.6 Å². The first-order chi connectivity index (χ1) is 15.2. The van der Waals surface area contributed by atoms with Gasteiger partial charge >= 0.3 is 6.03 Å². The van der Waals surface area contributed by atoms with Gasteiger partial charge in [0.15, 0.2) is 0 Å². The van der Waals surface area contributed by atoms with Crippen LogP contribution in [0.5, 0.6) is 0 Å². The number of nitrogens with zero attached hydrogens (tertiary/aromatic N) is 3. The van der Waals surface area contributed by atoms with Gasteiger partial charge in [0.25, 0.3) is 0 Å². The van der Waals surface area contributed by atoms with Crippen LogP contribution >= 0.6 is 11.5 Å². The Bertz CT molecular complexity index is 982. The van der Waals surface area contributed by atoms with Crippen molar-refractivity contribution >= 4 is 28.4 Å². The molecule has 31 heavy (non-hydrogen) atoms. The molecule has 1 fully saturated rings. The fraction of sp³-hybridized carbons (Fsp3) is 0.375. The van der Waals surface area contributed by atoms with Gasteiger partial charge in [0, 0.05) is 43.3 Å². The molecule has 0 atom stereocenters. The summed E-state index contributed by atoms with van der Waals surface area (Å²) in [6.07, 6.45) is 3.81. The van der Waals surface area contributed by atoms with Crippen molar-refractivity contribution in [3.63, 3.8) is 0 Å². The molecule has 162 valence electrons. The molecule has 2 N–H and O–H groups in total. The third-order valence-electron chi connectivity index (χ3n) is 5.69. The van der Waals surface area contributed by atoms with Crippen LogP contribution in [-0.4, -0.2) is 35.0 Å². The van der Waals surface area contributed by atoms with Crippen molar-refractivity contribution < 1.29 is 4.79 Å². The standard InChI is InChI=1S/C24H29N5OS/c1-2-18-9-6-10-21(15-18)26-23(30)25-17-20-11-13-29(14-12-20)24-27-22(28-31-24)16-19-7-4-3-5-8-19/h3-10,15,20H,2,11-14,16-17H2,1H3,(H2,25,26,30). The number of hydrogen-bond donors (Lipinski definition) is 2. The van der Waals surface area contributed by atoms with Crippen LogP contribution in [0.1, 0.15) is 36.7 Å². The maximum Gasteiger partial charge on any atom is 0.319 e. The minimum Gasteiger partial charge on any atom is -0.347 e. The van der Waals surface area contributed by atoms with E-state index in [0.29, 0.717) is 12.5 Å². The minimum atomic E-state index is -0.134. The third kappa shape index (κ3) is 6.04. The zero-order valence-corrected chi connectivity index (χ0v) is 18.7. The minimum absolute atomic E-state index is 0.134. The number of rotatable bonds is 7. The highest BCUT2D eigenvalue weighted by molar-refractivity contribution is 7.09. The number of carbonyl (C=O) groups excluding carboxylic acids is 1. The van der Waals surface area contributed by atoms with E-state index in [0.717, 1.165) is 55.4 Å². The molecular weight excluding hydrogens is 406 g/mol. The molecule has 0 saturated carbocycles. The average Bonchev–Trinajstić information content (AvgIpc) is 3.27. The Morgan fingerprint density at radius 2 is 1.87 bits per heavy atom. The number of carbonyl (C=O) groups is 1. The number of urea groups is 1. The molecule has 1 aliphatic rings. The highest BCUT2D eigenvalue weighted by Crippen LogP contribution is 2.25. The van der Waals surface area contributed by atoms with E-state index in [1.807, 2.05) is 36.4 Å². The maximum atomic E-state index is 12.2. The van der Waals surface area contributed by atoms with E-state index in [1.54, 1.807) is 0 Å². The van der Waals surface area contributed by atoms with Crippen molar-refractivity contribution in [3.8, 4) is 0 Å². The van der Waals surface area contributed by atoms with Crippen LogP contribution in [0.25, 0.3) is 0 Å². The van der Waals surface area contributed by atoms with Crippen LogP contribution in [0.4, 0.5) is 15.6 Å². The van der Waals surface area contributed by atoms with Crippen LogP contribution in [0.3, 0.4) is 0 Å². The van der Waals surface area contributed by atoms with E-state index in [1.165, 1.54) is 22.7 Å². The van der Waals surface area contributed by atoms with E-state index >= 15 is 0 Å². The average molecular weight is 436 g/mol. The Hall–Kier alpha value is -2.93. The zero-order chi connectivity index (χ0) is 21.5. The summed E-state index contributed by atoms with van der Waals surface area (Å²) in [5.74, 6) is 1.37. The molecular formula is C24H29N5OS.